The lowest BCUT2D eigenvalue weighted by molar-refractivity contribution is -0.136. The number of benzene rings is 2. The molecule has 45 heavy (non-hydrogen) atoms. The molecule has 3 aliphatic rings. The number of hydrogen-bond acceptors (Lipinski definition) is 7. The number of methoxy groups -OCH3 is 1. The molecule has 0 radical (unpaired) electrons. The Labute approximate surface area is 268 Å². The van der Waals surface area contributed by atoms with Gasteiger partial charge in [-0.05, 0) is 90.3 Å². The highest BCUT2D eigenvalue weighted by Gasteiger charge is 2.30. The van der Waals surface area contributed by atoms with Crippen molar-refractivity contribution in [1.29, 1.82) is 0 Å². The zero-order valence-electron chi connectivity index (χ0n) is 26.9. The molecule has 1 heterocycles. The summed E-state index contributed by atoms with van der Waals surface area (Å²) in [7, 11) is -1.16. The molecule has 2 fully saturated rings. The summed E-state index contributed by atoms with van der Waals surface area (Å²) in [4.78, 5) is 30.1. The van der Waals surface area contributed by atoms with Crippen LogP contribution in [-0.4, -0.2) is 83.1 Å². The van der Waals surface area contributed by atoms with E-state index in [2.05, 4.69) is 41.0 Å². The van der Waals surface area contributed by atoms with Crippen molar-refractivity contribution in [3.05, 3.63) is 46.5 Å². The van der Waals surface area contributed by atoms with Gasteiger partial charge < -0.3 is 25.0 Å². The number of thiol groups is 1. The van der Waals surface area contributed by atoms with Gasteiger partial charge in [-0.1, -0.05) is 26.8 Å². The molecule has 0 atom stereocenters. The van der Waals surface area contributed by atoms with Gasteiger partial charge in [0.1, 0.15) is 18.1 Å². The van der Waals surface area contributed by atoms with Gasteiger partial charge in [-0.2, -0.15) is 0 Å². The van der Waals surface area contributed by atoms with Crippen LogP contribution in [-0.2, 0) is 40.4 Å². The number of carbonyl (C=O) groups is 2. The number of urea groups is 1. The van der Waals surface area contributed by atoms with Crippen LogP contribution in [0.5, 0.6) is 11.5 Å². The maximum absolute atomic E-state index is 13.3. The molecule has 2 aliphatic carbocycles. The molecule has 11 nitrogen and oxygen atoms in total. The van der Waals surface area contributed by atoms with Crippen molar-refractivity contribution < 1.29 is 27.5 Å². The molecule has 2 aromatic rings. The van der Waals surface area contributed by atoms with Crippen LogP contribution in [0.2, 0.25) is 0 Å². The third-order valence-electron chi connectivity index (χ3n) is 8.85. The monoisotopic (exact) mass is 641 g/mol. The fraction of sp³-hybridized carbons (Fsp3) is 0.576. The lowest BCUT2D eigenvalue weighted by Gasteiger charge is -2.34. The third-order valence-corrected chi connectivity index (χ3v) is 9.33. The lowest BCUT2D eigenvalue weighted by atomic mass is 9.85. The summed E-state index contributed by atoms with van der Waals surface area (Å²) in [6.07, 6.45) is 5.63. The van der Waals surface area contributed by atoms with Crippen molar-refractivity contribution in [3.8, 4) is 11.5 Å². The van der Waals surface area contributed by atoms with Gasteiger partial charge in [0.25, 0.3) is 0 Å². The molecule has 246 valence electrons. The average molecular weight is 642 g/mol. The van der Waals surface area contributed by atoms with Gasteiger partial charge in [0.15, 0.2) is 0 Å². The summed E-state index contributed by atoms with van der Waals surface area (Å²) in [5.74, 6) is 2.27. The molecule has 1 saturated heterocycles. The number of ether oxygens (including phenoxy) is 2. The van der Waals surface area contributed by atoms with E-state index < -0.39 is 10.9 Å². The second kappa shape index (κ2) is 14.4. The zero-order chi connectivity index (χ0) is 32.1. The van der Waals surface area contributed by atoms with E-state index in [1.54, 1.807) is 7.11 Å². The number of amides is 3. The number of rotatable bonds is 13. The number of piperazine rings is 1. The molecule has 0 aromatic heterocycles. The van der Waals surface area contributed by atoms with Crippen LogP contribution in [0.4, 0.5) is 16.2 Å². The van der Waals surface area contributed by atoms with Crippen molar-refractivity contribution in [2.24, 2.45) is 5.92 Å². The average Bonchev–Trinajstić information content (AvgIpc) is 3.65. The molecule has 0 unspecified atom stereocenters. The summed E-state index contributed by atoms with van der Waals surface area (Å²) in [5.41, 5.74) is 5.06. The minimum absolute atomic E-state index is 0.207. The van der Waals surface area contributed by atoms with Gasteiger partial charge in [0, 0.05) is 38.4 Å². The topological polar surface area (TPSA) is 129 Å². The van der Waals surface area contributed by atoms with Crippen molar-refractivity contribution in [1.82, 2.24) is 14.5 Å². The molecular formula is C33H47N5O6S. The highest BCUT2D eigenvalue weighted by atomic mass is 32.2. The first kappa shape index (κ1) is 33.0. The first-order valence-corrected chi connectivity index (χ1v) is 17.1. The Morgan fingerprint density at radius 3 is 2.49 bits per heavy atom. The van der Waals surface area contributed by atoms with Crippen LogP contribution in [0.1, 0.15) is 62.3 Å². The molecular weight excluding hydrogens is 594 g/mol. The predicted octanol–water partition coefficient (Wildman–Crippen LogP) is 3.72. The normalized spacial score (nSPS) is 17.0. The van der Waals surface area contributed by atoms with E-state index in [0.717, 1.165) is 72.6 Å². The number of anilines is 2. The van der Waals surface area contributed by atoms with E-state index in [1.807, 2.05) is 29.2 Å². The van der Waals surface area contributed by atoms with E-state index in [4.69, 9.17) is 9.47 Å². The molecule has 1 saturated carbocycles. The third kappa shape index (κ3) is 8.68. The molecule has 5 rings (SSSR count). The maximum Gasteiger partial charge on any atom is 0.323 e. The van der Waals surface area contributed by atoms with E-state index in [-0.39, 0.29) is 23.9 Å². The number of nitrogens with one attached hydrogen (secondary N) is 3. The van der Waals surface area contributed by atoms with Crippen LogP contribution in [0.15, 0.2) is 24.3 Å². The highest BCUT2D eigenvalue weighted by molar-refractivity contribution is 7.70. The SMILES string of the molecule is COc1c(CCN[SH](=O)=O)cc(C(C)(C)C)cc1NC(=O)Nc1ccc(OCCN2CCN(CC3CC3)C(=O)C2)c2c1CCC2. The van der Waals surface area contributed by atoms with Gasteiger partial charge >= 0.3 is 6.03 Å². The molecule has 12 heteroatoms. The molecule has 3 N–H and O–H groups in total. The minimum Gasteiger partial charge on any atom is -0.494 e. The molecule has 3 amide bonds. The first-order chi connectivity index (χ1) is 21.5. The van der Waals surface area contributed by atoms with Crippen molar-refractivity contribution >= 4 is 34.2 Å². The molecule has 0 spiro atoms. The lowest BCUT2D eigenvalue weighted by Crippen LogP contribution is -2.51. The minimum atomic E-state index is -2.70. The Morgan fingerprint density at radius 1 is 1.04 bits per heavy atom. The second-order valence-corrected chi connectivity index (χ2v) is 14.1. The molecule has 0 bridgehead atoms. The van der Waals surface area contributed by atoms with Gasteiger partial charge in [0.2, 0.25) is 16.8 Å². The van der Waals surface area contributed by atoms with Crippen molar-refractivity contribution in [3.63, 3.8) is 0 Å². The number of hydrogen-bond donors (Lipinski definition) is 4. The van der Waals surface area contributed by atoms with Crippen molar-refractivity contribution in [2.45, 2.75) is 64.7 Å². The summed E-state index contributed by atoms with van der Waals surface area (Å²) < 4.78 is 36.4. The summed E-state index contributed by atoms with van der Waals surface area (Å²) in [5, 5.41) is 6.01. The summed E-state index contributed by atoms with van der Waals surface area (Å²) in [6, 6.07) is 7.33. The van der Waals surface area contributed by atoms with Crippen LogP contribution < -0.4 is 24.8 Å². The van der Waals surface area contributed by atoms with E-state index in [1.165, 1.54) is 12.8 Å². The van der Waals surface area contributed by atoms with Gasteiger partial charge in [-0.15, -0.1) is 0 Å². The summed E-state index contributed by atoms with van der Waals surface area (Å²) >= 11 is 0. The Balaban J connectivity index is 1.22. The van der Waals surface area contributed by atoms with Gasteiger partial charge in [0.05, 0.1) is 19.3 Å². The fourth-order valence-corrected chi connectivity index (χ4v) is 6.46. The number of fused-ring (bicyclic) bond motifs is 1. The van der Waals surface area contributed by atoms with Crippen LogP contribution in [0, 0.1) is 5.92 Å². The highest BCUT2D eigenvalue weighted by Crippen LogP contribution is 2.38. The predicted molar refractivity (Wildman–Crippen MR) is 176 cm³/mol. The van der Waals surface area contributed by atoms with Crippen LogP contribution >= 0.6 is 0 Å². The maximum atomic E-state index is 13.3. The Kier molecular flexibility index (Phi) is 10.6. The van der Waals surface area contributed by atoms with Crippen LogP contribution in [0.3, 0.4) is 0 Å². The number of carbonyl (C=O) groups excluding carboxylic acids is 2. The first-order valence-electron chi connectivity index (χ1n) is 16.0. The fourth-order valence-electron chi connectivity index (χ4n) is 6.16. The Morgan fingerprint density at radius 2 is 1.80 bits per heavy atom. The Bertz CT molecular complexity index is 1470. The molecule has 1 aliphatic heterocycles. The number of nitrogens with zero attached hydrogens (tertiary/aromatic N) is 2. The largest absolute Gasteiger partial charge is 0.494 e. The standard InChI is InChI=1S/C33H47N5O6S/c1-33(2,3)24-18-23(12-13-34-45(41)42)31(43-4)28(19-24)36-32(40)35-27-10-11-29(26-7-5-6-25(26)27)44-17-16-37-14-15-38(30(39)21-37)20-22-8-9-22/h10-11,18-19,22,45H,5-9,12-17,20-21H2,1-4H3,(H,34,41,42)(H2,35,36,40). The Hall–Kier alpha value is -3.35. The zero-order valence-corrected chi connectivity index (χ0v) is 27.8. The second-order valence-electron chi connectivity index (χ2n) is 13.3. The quantitative estimate of drug-likeness (QED) is 0.246. The van der Waals surface area contributed by atoms with Crippen molar-refractivity contribution in [2.75, 3.05) is 63.6 Å². The smallest absolute Gasteiger partial charge is 0.323 e. The molecule has 2 aromatic carbocycles. The van der Waals surface area contributed by atoms with E-state index in [0.29, 0.717) is 43.5 Å². The van der Waals surface area contributed by atoms with Gasteiger partial charge in [-0.3, -0.25) is 9.69 Å². The van der Waals surface area contributed by atoms with Gasteiger partial charge in [-0.25, -0.2) is 17.9 Å². The van der Waals surface area contributed by atoms with E-state index >= 15 is 0 Å². The summed E-state index contributed by atoms with van der Waals surface area (Å²) in [6.45, 7) is 10.7. The van der Waals surface area contributed by atoms with E-state index in [9.17, 15) is 18.0 Å². The van der Waals surface area contributed by atoms with Crippen LogP contribution in [0.25, 0.3) is 0 Å².